The van der Waals surface area contributed by atoms with Crippen molar-refractivity contribution in [2.45, 2.75) is 53.0 Å². The second-order valence-electron chi connectivity index (χ2n) is 5.29. The van der Waals surface area contributed by atoms with E-state index in [0.29, 0.717) is 6.04 Å². The SMILES string of the molecule is C=C(C)CC(Cc1c(C)nn(C)c1C)NCCC. The smallest absolute Gasteiger partial charge is 0.0628 e. The van der Waals surface area contributed by atoms with Gasteiger partial charge in [0.1, 0.15) is 0 Å². The van der Waals surface area contributed by atoms with E-state index >= 15 is 0 Å². The Bertz CT molecular complexity index is 404. The van der Waals surface area contributed by atoms with Gasteiger partial charge < -0.3 is 5.32 Å². The molecule has 0 aromatic carbocycles. The lowest BCUT2D eigenvalue weighted by Crippen LogP contribution is -2.32. The van der Waals surface area contributed by atoms with Gasteiger partial charge in [0.05, 0.1) is 5.69 Å². The van der Waals surface area contributed by atoms with Gasteiger partial charge in [-0.1, -0.05) is 12.5 Å². The largest absolute Gasteiger partial charge is 0.313 e. The van der Waals surface area contributed by atoms with Crippen LogP contribution >= 0.6 is 0 Å². The molecule has 3 nitrogen and oxygen atoms in total. The fraction of sp³-hybridized carbons (Fsp3) is 0.667. The monoisotopic (exact) mass is 249 g/mol. The Balaban J connectivity index is 2.77. The van der Waals surface area contributed by atoms with Crippen molar-refractivity contribution in [3.8, 4) is 0 Å². The maximum Gasteiger partial charge on any atom is 0.0628 e. The summed E-state index contributed by atoms with van der Waals surface area (Å²) in [6.07, 6.45) is 3.24. The molecule has 1 heterocycles. The van der Waals surface area contributed by atoms with Gasteiger partial charge in [0, 0.05) is 18.8 Å². The Labute approximate surface area is 111 Å². The first-order chi connectivity index (χ1) is 8.45. The Kier molecular flexibility index (Phi) is 5.60. The van der Waals surface area contributed by atoms with Crippen molar-refractivity contribution >= 4 is 0 Å². The molecule has 0 aliphatic carbocycles. The van der Waals surface area contributed by atoms with Crippen molar-refractivity contribution < 1.29 is 0 Å². The summed E-state index contributed by atoms with van der Waals surface area (Å²) in [6, 6.07) is 0.476. The van der Waals surface area contributed by atoms with E-state index in [1.807, 2.05) is 11.7 Å². The molecule has 1 N–H and O–H groups in total. The molecule has 18 heavy (non-hydrogen) atoms. The number of nitrogens with one attached hydrogen (secondary N) is 1. The lowest BCUT2D eigenvalue weighted by Gasteiger charge is -2.19. The Morgan fingerprint density at radius 3 is 2.56 bits per heavy atom. The predicted octanol–water partition coefficient (Wildman–Crippen LogP) is 2.91. The molecule has 1 aromatic rings. The van der Waals surface area contributed by atoms with Crippen LogP contribution in [0.1, 0.15) is 43.6 Å². The number of aryl methyl sites for hydroxylation is 2. The summed E-state index contributed by atoms with van der Waals surface area (Å²) in [7, 11) is 2.01. The van der Waals surface area contributed by atoms with E-state index in [2.05, 4.69) is 44.7 Å². The molecule has 1 unspecified atom stereocenters. The third-order valence-corrected chi connectivity index (χ3v) is 3.39. The minimum absolute atomic E-state index is 0.476. The van der Waals surface area contributed by atoms with E-state index in [-0.39, 0.29) is 0 Å². The Morgan fingerprint density at radius 2 is 2.11 bits per heavy atom. The minimum Gasteiger partial charge on any atom is -0.313 e. The summed E-state index contributed by atoms with van der Waals surface area (Å²) in [5, 5.41) is 8.10. The highest BCUT2D eigenvalue weighted by Crippen LogP contribution is 2.17. The normalized spacial score (nSPS) is 12.7. The molecule has 0 saturated carbocycles. The molecule has 0 amide bonds. The van der Waals surface area contributed by atoms with Crippen molar-refractivity contribution in [1.82, 2.24) is 15.1 Å². The van der Waals surface area contributed by atoms with E-state index in [9.17, 15) is 0 Å². The zero-order valence-corrected chi connectivity index (χ0v) is 12.5. The number of rotatable bonds is 7. The van der Waals surface area contributed by atoms with Gasteiger partial charge >= 0.3 is 0 Å². The van der Waals surface area contributed by atoms with Gasteiger partial charge in [-0.3, -0.25) is 4.68 Å². The lowest BCUT2D eigenvalue weighted by atomic mass is 9.99. The van der Waals surface area contributed by atoms with Gasteiger partial charge in [-0.25, -0.2) is 0 Å². The zero-order chi connectivity index (χ0) is 13.7. The van der Waals surface area contributed by atoms with Crippen LogP contribution in [0.2, 0.25) is 0 Å². The standard InChI is InChI=1S/C15H27N3/c1-7-8-16-14(9-11(2)3)10-15-12(4)17-18(6)13(15)5/h14,16H,2,7-10H2,1,3-6H3. The first-order valence-electron chi connectivity index (χ1n) is 6.82. The third kappa shape index (κ3) is 3.98. The number of aromatic nitrogens is 2. The zero-order valence-electron chi connectivity index (χ0n) is 12.5. The van der Waals surface area contributed by atoms with Gasteiger partial charge in [-0.15, -0.1) is 6.58 Å². The van der Waals surface area contributed by atoms with Crippen molar-refractivity contribution in [3.05, 3.63) is 29.1 Å². The summed E-state index contributed by atoms with van der Waals surface area (Å²) < 4.78 is 1.97. The van der Waals surface area contributed by atoms with Crippen molar-refractivity contribution in [2.24, 2.45) is 7.05 Å². The number of nitrogens with zero attached hydrogens (tertiary/aromatic N) is 2. The summed E-state index contributed by atoms with van der Waals surface area (Å²) in [6.45, 7) is 13.6. The average Bonchev–Trinajstić information content (AvgIpc) is 2.52. The van der Waals surface area contributed by atoms with Crippen LogP contribution in [-0.2, 0) is 13.5 Å². The van der Waals surface area contributed by atoms with Gasteiger partial charge in [0.2, 0.25) is 0 Å². The van der Waals surface area contributed by atoms with Crippen LogP contribution in [0.25, 0.3) is 0 Å². The summed E-state index contributed by atoms with van der Waals surface area (Å²) in [4.78, 5) is 0. The van der Waals surface area contributed by atoms with E-state index in [4.69, 9.17) is 0 Å². The highest BCUT2D eigenvalue weighted by Gasteiger charge is 2.15. The van der Waals surface area contributed by atoms with Gasteiger partial charge in [0.15, 0.2) is 0 Å². The molecule has 1 aromatic heterocycles. The molecule has 0 aliphatic heterocycles. The van der Waals surface area contributed by atoms with E-state index in [1.54, 1.807) is 0 Å². The number of hydrogen-bond acceptors (Lipinski definition) is 2. The molecule has 1 atom stereocenters. The van der Waals surface area contributed by atoms with Crippen LogP contribution in [-0.4, -0.2) is 22.4 Å². The molecule has 0 saturated heterocycles. The molecular weight excluding hydrogens is 222 g/mol. The van der Waals surface area contributed by atoms with E-state index in [1.165, 1.54) is 16.8 Å². The van der Waals surface area contributed by atoms with Crippen LogP contribution in [0.3, 0.4) is 0 Å². The van der Waals surface area contributed by atoms with Crippen LogP contribution in [0.15, 0.2) is 12.2 Å². The molecule has 0 fully saturated rings. The lowest BCUT2D eigenvalue weighted by molar-refractivity contribution is 0.502. The molecule has 0 radical (unpaired) electrons. The summed E-state index contributed by atoms with van der Waals surface area (Å²) in [5.74, 6) is 0. The predicted molar refractivity (Wildman–Crippen MR) is 77.9 cm³/mol. The first-order valence-corrected chi connectivity index (χ1v) is 6.82. The van der Waals surface area contributed by atoms with Crippen molar-refractivity contribution in [1.29, 1.82) is 0 Å². The van der Waals surface area contributed by atoms with Gasteiger partial charge in [-0.2, -0.15) is 5.10 Å². The Hall–Kier alpha value is -1.09. The van der Waals surface area contributed by atoms with Gasteiger partial charge in [0.25, 0.3) is 0 Å². The average molecular weight is 249 g/mol. The van der Waals surface area contributed by atoms with Crippen molar-refractivity contribution in [2.75, 3.05) is 6.54 Å². The maximum absolute atomic E-state index is 4.49. The molecule has 3 heteroatoms. The third-order valence-electron chi connectivity index (χ3n) is 3.39. The maximum atomic E-state index is 4.49. The molecule has 102 valence electrons. The van der Waals surface area contributed by atoms with Crippen LogP contribution in [0.5, 0.6) is 0 Å². The quantitative estimate of drug-likeness (QED) is 0.753. The Morgan fingerprint density at radius 1 is 1.44 bits per heavy atom. The highest BCUT2D eigenvalue weighted by molar-refractivity contribution is 5.25. The topological polar surface area (TPSA) is 29.9 Å². The molecule has 0 aliphatic rings. The first kappa shape index (κ1) is 15.0. The minimum atomic E-state index is 0.476. The molecule has 1 rings (SSSR count). The molecular formula is C15H27N3. The fourth-order valence-corrected chi connectivity index (χ4v) is 2.34. The fourth-order valence-electron chi connectivity index (χ4n) is 2.34. The summed E-state index contributed by atoms with van der Waals surface area (Å²) in [5.41, 5.74) is 5.05. The highest BCUT2D eigenvalue weighted by atomic mass is 15.3. The van der Waals surface area contributed by atoms with Gasteiger partial charge in [-0.05, 0) is 52.1 Å². The van der Waals surface area contributed by atoms with E-state index < -0.39 is 0 Å². The van der Waals surface area contributed by atoms with Crippen molar-refractivity contribution in [3.63, 3.8) is 0 Å². The van der Waals surface area contributed by atoms with Crippen LogP contribution in [0.4, 0.5) is 0 Å². The van der Waals surface area contributed by atoms with Crippen LogP contribution in [0, 0.1) is 13.8 Å². The molecule has 0 bridgehead atoms. The van der Waals surface area contributed by atoms with Crippen LogP contribution < -0.4 is 5.32 Å². The number of hydrogen-bond donors (Lipinski definition) is 1. The second-order valence-corrected chi connectivity index (χ2v) is 5.29. The molecule has 0 spiro atoms. The van der Waals surface area contributed by atoms with E-state index in [0.717, 1.165) is 31.5 Å². The summed E-state index contributed by atoms with van der Waals surface area (Å²) >= 11 is 0. The second kappa shape index (κ2) is 6.74.